The van der Waals surface area contributed by atoms with Gasteiger partial charge in [0.25, 0.3) is 0 Å². The molecule has 1 rings (SSSR count). The van der Waals surface area contributed by atoms with Gasteiger partial charge in [-0.15, -0.1) is 0 Å². The second kappa shape index (κ2) is 27.4. The summed E-state index contributed by atoms with van der Waals surface area (Å²) in [5.74, 6) is -2.91. The summed E-state index contributed by atoms with van der Waals surface area (Å²) in [4.78, 5) is 49.7. The number of carbonyl (C=O) groups is 4. The molecule has 2 atom stereocenters. The molecule has 0 heterocycles. The lowest BCUT2D eigenvalue weighted by Gasteiger charge is -2.20. The molecule has 8 nitrogen and oxygen atoms in total. The molecule has 0 aromatic heterocycles. The van der Waals surface area contributed by atoms with Crippen molar-refractivity contribution in [1.82, 2.24) is 5.32 Å². The molecule has 0 saturated heterocycles. The van der Waals surface area contributed by atoms with Gasteiger partial charge in [0, 0.05) is 6.42 Å². The van der Waals surface area contributed by atoms with Gasteiger partial charge in [0.2, 0.25) is 5.91 Å². The van der Waals surface area contributed by atoms with Crippen molar-refractivity contribution in [1.29, 1.82) is 0 Å². The summed E-state index contributed by atoms with van der Waals surface area (Å²) in [6, 6.07) is 7.66. The van der Waals surface area contributed by atoms with Crippen LogP contribution in [0.25, 0.3) is 0 Å². The molecule has 0 unspecified atom stereocenters. The van der Waals surface area contributed by atoms with E-state index in [-0.39, 0.29) is 19.0 Å². The maximum atomic E-state index is 12.9. The van der Waals surface area contributed by atoms with E-state index in [2.05, 4.69) is 19.2 Å². The van der Waals surface area contributed by atoms with E-state index in [0.29, 0.717) is 12.8 Å². The fourth-order valence-electron chi connectivity index (χ4n) is 5.33. The van der Waals surface area contributed by atoms with E-state index in [1.54, 1.807) is 12.1 Å². The number of carboxylic acid groups (broad SMARTS) is 1. The standard InChI is InChI=1S/C37H61NO7/c1-3-5-7-9-11-13-15-17-22-26-32(45-35(40)27-23-18-16-14-12-10-8-6-4-2)28-34(39)38-33(37(42)43)29-36(41)44-30-31-24-20-19-21-25-31/h19-21,24-25,32-33H,3-18,22-23,26-30H2,1-2H3,(H,38,39)(H,42,43)/t32-,33-/m1/s1. The van der Waals surface area contributed by atoms with E-state index in [0.717, 1.165) is 44.1 Å². The number of unbranched alkanes of at least 4 members (excludes halogenated alkanes) is 16. The van der Waals surface area contributed by atoms with Crippen molar-refractivity contribution in [2.24, 2.45) is 0 Å². The number of carboxylic acids is 1. The topological polar surface area (TPSA) is 119 Å². The summed E-state index contributed by atoms with van der Waals surface area (Å²) >= 11 is 0. The molecule has 0 radical (unpaired) electrons. The van der Waals surface area contributed by atoms with Crippen molar-refractivity contribution in [2.75, 3.05) is 0 Å². The van der Waals surface area contributed by atoms with Gasteiger partial charge < -0.3 is 19.9 Å². The highest BCUT2D eigenvalue weighted by molar-refractivity contribution is 5.87. The molecule has 0 saturated carbocycles. The number of hydrogen-bond acceptors (Lipinski definition) is 6. The number of hydrogen-bond donors (Lipinski definition) is 2. The van der Waals surface area contributed by atoms with Gasteiger partial charge in [0.05, 0.1) is 12.8 Å². The summed E-state index contributed by atoms with van der Waals surface area (Å²) in [5, 5.41) is 12.1. The summed E-state index contributed by atoms with van der Waals surface area (Å²) in [7, 11) is 0. The molecule has 0 spiro atoms. The highest BCUT2D eigenvalue weighted by Gasteiger charge is 2.26. The molecule has 0 aliphatic heterocycles. The highest BCUT2D eigenvalue weighted by Crippen LogP contribution is 2.17. The Morgan fingerprint density at radius 2 is 1.18 bits per heavy atom. The molecule has 0 aliphatic carbocycles. The van der Waals surface area contributed by atoms with Crippen LogP contribution in [0.4, 0.5) is 0 Å². The van der Waals surface area contributed by atoms with Crippen molar-refractivity contribution in [3.63, 3.8) is 0 Å². The zero-order chi connectivity index (χ0) is 33.0. The molecule has 256 valence electrons. The second-order valence-corrected chi connectivity index (χ2v) is 12.3. The number of ether oxygens (including phenoxy) is 2. The Kier molecular flexibility index (Phi) is 24.4. The molecule has 0 fully saturated rings. The highest BCUT2D eigenvalue weighted by atomic mass is 16.5. The van der Waals surface area contributed by atoms with Crippen LogP contribution in [-0.2, 0) is 35.3 Å². The lowest BCUT2D eigenvalue weighted by atomic mass is 10.0. The second-order valence-electron chi connectivity index (χ2n) is 12.3. The molecule has 45 heavy (non-hydrogen) atoms. The third-order valence-corrected chi connectivity index (χ3v) is 8.07. The van der Waals surface area contributed by atoms with Gasteiger partial charge in [0.1, 0.15) is 18.8 Å². The Labute approximate surface area is 272 Å². The molecule has 8 heteroatoms. The Morgan fingerprint density at radius 3 is 1.71 bits per heavy atom. The number of nitrogens with one attached hydrogen (secondary N) is 1. The van der Waals surface area contributed by atoms with Crippen LogP contribution in [0.2, 0.25) is 0 Å². The van der Waals surface area contributed by atoms with Gasteiger partial charge in [0.15, 0.2) is 0 Å². The van der Waals surface area contributed by atoms with Crippen molar-refractivity contribution in [3.05, 3.63) is 35.9 Å². The maximum Gasteiger partial charge on any atom is 0.326 e. The third-order valence-electron chi connectivity index (χ3n) is 8.07. The zero-order valence-electron chi connectivity index (χ0n) is 28.2. The number of carbonyl (C=O) groups excluding carboxylic acids is 3. The largest absolute Gasteiger partial charge is 0.480 e. The molecule has 2 N–H and O–H groups in total. The minimum Gasteiger partial charge on any atom is -0.480 e. The van der Waals surface area contributed by atoms with E-state index in [1.807, 2.05) is 18.2 Å². The van der Waals surface area contributed by atoms with E-state index in [9.17, 15) is 24.3 Å². The normalized spacial score (nSPS) is 12.3. The first-order chi connectivity index (χ1) is 21.8. The van der Waals surface area contributed by atoms with Crippen LogP contribution in [0.15, 0.2) is 30.3 Å². The van der Waals surface area contributed by atoms with Crippen LogP contribution < -0.4 is 5.32 Å². The Bertz CT molecular complexity index is 921. The van der Waals surface area contributed by atoms with Crippen molar-refractivity contribution in [2.45, 2.75) is 174 Å². The van der Waals surface area contributed by atoms with Gasteiger partial charge in [-0.05, 0) is 24.8 Å². The van der Waals surface area contributed by atoms with E-state index in [1.165, 1.54) is 77.0 Å². The monoisotopic (exact) mass is 631 g/mol. The Morgan fingerprint density at radius 1 is 0.667 bits per heavy atom. The summed E-state index contributed by atoms with van der Waals surface area (Å²) in [6.45, 7) is 4.45. The van der Waals surface area contributed by atoms with E-state index in [4.69, 9.17) is 9.47 Å². The molecule has 0 aliphatic rings. The van der Waals surface area contributed by atoms with Gasteiger partial charge in [-0.25, -0.2) is 4.79 Å². The fraction of sp³-hybridized carbons (Fsp3) is 0.730. The van der Waals surface area contributed by atoms with Crippen LogP contribution in [0.5, 0.6) is 0 Å². The van der Waals surface area contributed by atoms with Crippen LogP contribution in [0.3, 0.4) is 0 Å². The van der Waals surface area contributed by atoms with Gasteiger partial charge in [-0.3, -0.25) is 14.4 Å². The summed E-state index contributed by atoms with van der Waals surface area (Å²) in [5.41, 5.74) is 0.783. The number of esters is 2. The third kappa shape index (κ3) is 23.1. The molecular formula is C37H61NO7. The van der Waals surface area contributed by atoms with Crippen molar-refractivity contribution in [3.8, 4) is 0 Å². The smallest absolute Gasteiger partial charge is 0.326 e. The van der Waals surface area contributed by atoms with Crippen molar-refractivity contribution < 1.29 is 33.8 Å². The van der Waals surface area contributed by atoms with Crippen LogP contribution >= 0.6 is 0 Å². The van der Waals surface area contributed by atoms with Gasteiger partial charge in [-0.1, -0.05) is 147 Å². The summed E-state index contributed by atoms with van der Waals surface area (Å²) in [6.07, 6.45) is 20.4. The predicted octanol–water partition coefficient (Wildman–Crippen LogP) is 8.83. The Hall–Kier alpha value is -2.90. The number of rotatable bonds is 29. The molecular weight excluding hydrogens is 570 g/mol. The van der Waals surface area contributed by atoms with Crippen LogP contribution in [0, 0.1) is 0 Å². The summed E-state index contributed by atoms with van der Waals surface area (Å²) < 4.78 is 10.9. The quantitative estimate of drug-likeness (QED) is 0.0670. The fourth-order valence-corrected chi connectivity index (χ4v) is 5.33. The molecule has 1 aromatic carbocycles. The molecule has 1 amide bonds. The van der Waals surface area contributed by atoms with Crippen LogP contribution in [0.1, 0.15) is 161 Å². The minimum absolute atomic E-state index is 0.0235. The van der Waals surface area contributed by atoms with Crippen molar-refractivity contribution >= 4 is 23.8 Å². The first-order valence-electron chi connectivity index (χ1n) is 17.8. The zero-order valence-corrected chi connectivity index (χ0v) is 28.2. The SMILES string of the molecule is CCCCCCCCCCCC(=O)O[C@H](CCCCCCCCCCC)CC(=O)N[C@H](CC(=O)OCc1ccccc1)C(=O)O. The number of benzene rings is 1. The first-order valence-corrected chi connectivity index (χ1v) is 17.8. The average molecular weight is 632 g/mol. The predicted molar refractivity (Wildman–Crippen MR) is 179 cm³/mol. The molecule has 0 bridgehead atoms. The Balaban J connectivity index is 2.53. The minimum atomic E-state index is -1.42. The van der Waals surface area contributed by atoms with E-state index < -0.39 is 36.4 Å². The lowest BCUT2D eigenvalue weighted by molar-refractivity contribution is -0.152. The number of amides is 1. The lowest BCUT2D eigenvalue weighted by Crippen LogP contribution is -2.43. The van der Waals surface area contributed by atoms with Gasteiger partial charge >= 0.3 is 17.9 Å². The van der Waals surface area contributed by atoms with E-state index >= 15 is 0 Å². The number of aliphatic carboxylic acids is 1. The van der Waals surface area contributed by atoms with Gasteiger partial charge in [-0.2, -0.15) is 0 Å². The van der Waals surface area contributed by atoms with Crippen LogP contribution in [-0.4, -0.2) is 41.1 Å². The molecule has 1 aromatic rings. The first kappa shape index (κ1) is 40.1. The maximum absolute atomic E-state index is 12.9. The average Bonchev–Trinajstić information content (AvgIpc) is 3.02.